The molecule has 8 nitrogen and oxygen atoms in total. The smallest absolute Gasteiger partial charge is 0.158 e. The number of aromatic amines is 2. The summed E-state index contributed by atoms with van der Waals surface area (Å²) < 4.78 is 6.06. The Hall–Kier alpha value is -3.88. The number of piperazine rings is 1. The van der Waals surface area contributed by atoms with E-state index >= 15 is 0 Å². The summed E-state index contributed by atoms with van der Waals surface area (Å²) in [6.45, 7) is 4.45. The van der Waals surface area contributed by atoms with Gasteiger partial charge in [0.1, 0.15) is 12.4 Å². The summed E-state index contributed by atoms with van der Waals surface area (Å²) in [7, 11) is 2.16. The predicted octanol–water partition coefficient (Wildman–Crippen LogP) is 3.81. The molecule has 0 radical (unpaired) electrons. The van der Waals surface area contributed by atoms with Gasteiger partial charge in [-0.1, -0.05) is 24.3 Å². The van der Waals surface area contributed by atoms with Crippen LogP contribution in [0.15, 0.2) is 67.1 Å². The lowest BCUT2D eigenvalue weighted by atomic mass is 10.0. The van der Waals surface area contributed by atoms with Gasteiger partial charge in [-0.3, -0.25) is 10.1 Å². The highest BCUT2D eigenvalue weighted by Gasteiger charge is 2.19. The van der Waals surface area contributed by atoms with Gasteiger partial charge in [0.15, 0.2) is 5.82 Å². The van der Waals surface area contributed by atoms with Crippen LogP contribution < -0.4 is 15.4 Å². The van der Waals surface area contributed by atoms with Crippen molar-refractivity contribution in [1.29, 1.82) is 0 Å². The summed E-state index contributed by atoms with van der Waals surface area (Å²) >= 11 is 0. The minimum absolute atomic E-state index is 0.124. The molecule has 0 unspecified atom stereocenters. The quantitative estimate of drug-likeness (QED) is 0.327. The number of rotatable bonds is 7. The van der Waals surface area contributed by atoms with Crippen molar-refractivity contribution in [3.63, 3.8) is 0 Å². The number of aromatic nitrogens is 4. The minimum atomic E-state index is -0.124. The van der Waals surface area contributed by atoms with E-state index in [4.69, 9.17) is 10.5 Å². The summed E-state index contributed by atoms with van der Waals surface area (Å²) in [6.07, 6.45) is 6.39. The number of hydrogen-bond acceptors (Lipinski definition) is 6. The first-order valence-corrected chi connectivity index (χ1v) is 12.4. The molecule has 1 aliphatic rings. The van der Waals surface area contributed by atoms with E-state index in [0.29, 0.717) is 12.4 Å². The number of nitrogens with zero attached hydrogens (tertiary/aromatic N) is 4. The Morgan fingerprint density at radius 3 is 2.72 bits per heavy atom. The van der Waals surface area contributed by atoms with Crippen molar-refractivity contribution in [3.8, 4) is 16.9 Å². The van der Waals surface area contributed by atoms with Crippen molar-refractivity contribution < 1.29 is 4.74 Å². The molecule has 0 bridgehead atoms. The van der Waals surface area contributed by atoms with E-state index < -0.39 is 0 Å². The number of H-pyrrole nitrogens is 2. The van der Waals surface area contributed by atoms with Crippen LogP contribution in [0.5, 0.6) is 5.75 Å². The number of likely N-dealkylation sites (N-methyl/N-ethyl adjacent to an activating group) is 1. The van der Waals surface area contributed by atoms with Crippen molar-refractivity contribution in [2.24, 2.45) is 5.73 Å². The normalized spacial score (nSPS) is 15.6. The van der Waals surface area contributed by atoms with Crippen LogP contribution in [0, 0.1) is 0 Å². The van der Waals surface area contributed by atoms with Crippen LogP contribution >= 0.6 is 0 Å². The lowest BCUT2D eigenvalue weighted by Crippen LogP contribution is -2.44. The summed E-state index contributed by atoms with van der Waals surface area (Å²) in [5.74, 6) is 1.73. The highest BCUT2D eigenvalue weighted by atomic mass is 16.5. The zero-order chi connectivity index (χ0) is 24.5. The molecule has 1 atom stereocenters. The van der Waals surface area contributed by atoms with E-state index in [0.717, 1.165) is 66.0 Å². The second-order valence-electron chi connectivity index (χ2n) is 9.64. The molecule has 0 spiro atoms. The largest absolute Gasteiger partial charge is 0.490 e. The molecule has 1 saturated heterocycles. The zero-order valence-electron chi connectivity index (χ0n) is 20.4. The Morgan fingerprint density at radius 1 is 0.972 bits per heavy atom. The SMILES string of the molecule is CN1CCN(c2n[nH]c3ccc(-c4cncc(OC[C@@H](N)Cc5c[nH]c6ccccc56)c4)cc23)CC1. The van der Waals surface area contributed by atoms with Gasteiger partial charge in [0.25, 0.3) is 0 Å². The van der Waals surface area contributed by atoms with Crippen LogP contribution in [0.2, 0.25) is 0 Å². The topological polar surface area (TPSA) is 99.1 Å². The van der Waals surface area contributed by atoms with Crippen LogP contribution in [0.4, 0.5) is 5.82 Å². The van der Waals surface area contributed by atoms with Gasteiger partial charge in [0, 0.05) is 66.5 Å². The van der Waals surface area contributed by atoms with E-state index in [1.54, 1.807) is 6.20 Å². The second kappa shape index (κ2) is 9.64. The predicted molar refractivity (Wildman–Crippen MR) is 145 cm³/mol. The van der Waals surface area contributed by atoms with Crippen molar-refractivity contribution in [2.45, 2.75) is 12.5 Å². The standard InChI is InChI=1S/C28H31N7O/c1-34-8-10-35(11-9-34)28-25-14-19(6-7-27(25)32-33-28)20-13-23(17-30-15-20)36-18-22(29)12-21-16-31-26-5-3-2-4-24(21)26/h2-7,13-17,22,31H,8-12,18,29H2,1H3,(H,32,33)/t22-/m0/s1. The summed E-state index contributed by atoms with van der Waals surface area (Å²) in [5.41, 5.74) is 11.9. The highest BCUT2D eigenvalue weighted by Crippen LogP contribution is 2.31. The number of nitrogens with one attached hydrogen (secondary N) is 2. The first kappa shape index (κ1) is 22.6. The monoisotopic (exact) mass is 481 g/mol. The average Bonchev–Trinajstić information content (AvgIpc) is 3.52. The third-order valence-corrected chi connectivity index (χ3v) is 7.01. The zero-order valence-corrected chi connectivity index (χ0v) is 20.4. The maximum Gasteiger partial charge on any atom is 0.158 e. The third kappa shape index (κ3) is 4.53. The van der Waals surface area contributed by atoms with Gasteiger partial charge in [-0.15, -0.1) is 0 Å². The number of benzene rings is 2. The van der Waals surface area contributed by atoms with Gasteiger partial charge in [0.05, 0.1) is 11.7 Å². The van der Waals surface area contributed by atoms with E-state index in [-0.39, 0.29) is 6.04 Å². The van der Waals surface area contributed by atoms with E-state index in [1.807, 2.05) is 30.6 Å². The third-order valence-electron chi connectivity index (χ3n) is 7.01. The summed E-state index contributed by atoms with van der Waals surface area (Å²) in [4.78, 5) is 12.5. The molecule has 4 N–H and O–H groups in total. The van der Waals surface area contributed by atoms with Crippen molar-refractivity contribution in [3.05, 3.63) is 72.7 Å². The van der Waals surface area contributed by atoms with Gasteiger partial charge in [-0.25, -0.2) is 0 Å². The van der Waals surface area contributed by atoms with Crippen LogP contribution in [0.3, 0.4) is 0 Å². The molecule has 8 heteroatoms. The van der Waals surface area contributed by atoms with E-state index in [2.05, 4.69) is 67.3 Å². The number of anilines is 1. The number of ether oxygens (including phenoxy) is 1. The van der Waals surface area contributed by atoms with Crippen LogP contribution in [-0.4, -0.2) is 70.9 Å². The van der Waals surface area contributed by atoms with Crippen LogP contribution in [0.25, 0.3) is 32.9 Å². The van der Waals surface area contributed by atoms with Gasteiger partial charge < -0.3 is 25.3 Å². The fourth-order valence-corrected chi connectivity index (χ4v) is 4.94. The molecule has 1 fully saturated rings. The van der Waals surface area contributed by atoms with Gasteiger partial charge in [-0.05, 0) is 48.9 Å². The number of hydrogen-bond donors (Lipinski definition) is 3. The Morgan fingerprint density at radius 2 is 1.83 bits per heavy atom. The lowest BCUT2D eigenvalue weighted by Gasteiger charge is -2.32. The van der Waals surface area contributed by atoms with Gasteiger partial charge in [0.2, 0.25) is 0 Å². The van der Waals surface area contributed by atoms with Gasteiger partial charge in [-0.2, -0.15) is 5.10 Å². The number of fused-ring (bicyclic) bond motifs is 2. The fraction of sp³-hybridized carbons (Fsp3) is 0.286. The molecule has 0 saturated carbocycles. The molecule has 36 heavy (non-hydrogen) atoms. The Balaban J connectivity index is 1.16. The van der Waals surface area contributed by atoms with Crippen molar-refractivity contribution in [2.75, 3.05) is 44.7 Å². The van der Waals surface area contributed by atoms with Crippen LogP contribution in [0.1, 0.15) is 5.56 Å². The molecule has 184 valence electrons. The molecule has 3 aromatic heterocycles. The van der Waals surface area contributed by atoms with Crippen molar-refractivity contribution >= 4 is 27.6 Å². The molecule has 4 heterocycles. The molecule has 2 aromatic carbocycles. The van der Waals surface area contributed by atoms with E-state index in [1.165, 1.54) is 10.9 Å². The Bertz CT molecular complexity index is 1480. The maximum absolute atomic E-state index is 6.42. The first-order chi connectivity index (χ1) is 17.6. The molecule has 5 aromatic rings. The van der Waals surface area contributed by atoms with Crippen molar-refractivity contribution in [1.82, 2.24) is 25.1 Å². The minimum Gasteiger partial charge on any atom is -0.490 e. The molecule has 6 rings (SSSR count). The molecular formula is C28H31N7O. The molecule has 1 aliphatic heterocycles. The number of para-hydroxylation sites is 1. The molecule has 0 amide bonds. The number of pyridine rings is 1. The highest BCUT2D eigenvalue weighted by molar-refractivity contribution is 5.93. The lowest BCUT2D eigenvalue weighted by molar-refractivity contribution is 0.287. The average molecular weight is 482 g/mol. The Kier molecular flexibility index (Phi) is 6.04. The van der Waals surface area contributed by atoms with Crippen LogP contribution in [-0.2, 0) is 6.42 Å². The van der Waals surface area contributed by atoms with Gasteiger partial charge >= 0.3 is 0 Å². The molecular weight excluding hydrogens is 450 g/mol. The fourth-order valence-electron chi connectivity index (χ4n) is 4.94. The number of nitrogens with two attached hydrogens (primary N) is 1. The Labute approximate surface area is 210 Å². The summed E-state index contributed by atoms with van der Waals surface area (Å²) in [5, 5.41) is 10.1. The molecule has 0 aliphatic carbocycles. The second-order valence-corrected chi connectivity index (χ2v) is 9.64. The maximum atomic E-state index is 6.42. The van der Waals surface area contributed by atoms with E-state index in [9.17, 15) is 0 Å². The summed E-state index contributed by atoms with van der Waals surface area (Å²) in [6, 6.07) is 16.6. The first-order valence-electron chi connectivity index (χ1n) is 12.4.